The van der Waals surface area contributed by atoms with Gasteiger partial charge in [0.2, 0.25) is 0 Å². The molecular formula is C23H35N. The Hall–Kier alpha value is -1.37. The van der Waals surface area contributed by atoms with Crippen molar-refractivity contribution in [3.05, 3.63) is 42.1 Å². The van der Waals surface area contributed by atoms with Crippen LogP contribution >= 0.6 is 0 Å². The Morgan fingerprint density at radius 2 is 1.42 bits per heavy atom. The van der Waals surface area contributed by atoms with Crippen LogP contribution in [0.15, 0.2) is 36.5 Å². The second-order valence-corrected chi connectivity index (χ2v) is 7.56. The lowest BCUT2D eigenvalue weighted by Crippen LogP contribution is -2.23. The Morgan fingerprint density at radius 1 is 0.792 bits per heavy atom. The van der Waals surface area contributed by atoms with E-state index in [0.717, 1.165) is 0 Å². The number of unbranched alkanes of at least 4 members (excludes halogenated alkanes) is 6. The molecule has 1 aromatic heterocycles. The number of nitrogens with zero attached hydrogens (tertiary/aromatic N) is 1. The number of hydrogen-bond donors (Lipinski definition) is 0. The number of aromatic nitrogens is 1. The van der Waals surface area contributed by atoms with Crippen LogP contribution in [0.25, 0.3) is 10.9 Å². The van der Waals surface area contributed by atoms with E-state index in [1.807, 2.05) is 12.3 Å². The van der Waals surface area contributed by atoms with E-state index in [4.69, 9.17) is 4.98 Å². The van der Waals surface area contributed by atoms with Crippen LogP contribution in [0.2, 0.25) is 0 Å². The van der Waals surface area contributed by atoms with Gasteiger partial charge in [-0.3, -0.25) is 4.98 Å². The molecule has 1 heteroatoms. The van der Waals surface area contributed by atoms with Crippen molar-refractivity contribution >= 4 is 10.9 Å². The zero-order valence-electron chi connectivity index (χ0n) is 16.0. The van der Waals surface area contributed by atoms with Crippen molar-refractivity contribution in [1.29, 1.82) is 0 Å². The van der Waals surface area contributed by atoms with Crippen molar-refractivity contribution in [2.75, 3.05) is 0 Å². The average Bonchev–Trinajstić information content (AvgIpc) is 2.62. The Kier molecular flexibility index (Phi) is 7.75. The van der Waals surface area contributed by atoms with E-state index >= 15 is 0 Å². The normalized spacial score (nSPS) is 12.0. The van der Waals surface area contributed by atoms with E-state index < -0.39 is 0 Å². The number of rotatable bonds is 11. The smallest absolute Gasteiger partial charge is 0.0739 e. The van der Waals surface area contributed by atoms with Crippen molar-refractivity contribution in [2.24, 2.45) is 0 Å². The first-order chi connectivity index (χ1) is 11.7. The maximum Gasteiger partial charge on any atom is 0.0739 e. The largest absolute Gasteiger partial charge is 0.256 e. The van der Waals surface area contributed by atoms with Gasteiger partial charge < -0.3 is 0 Å². The summed E-state index contributed by atoms with van der Waals surface area (Å²) in [5, 5.41) is 1.28. The monoisotopic (exact) mass is 325 g/mol. The summed E-state index contributed by atoms with van der Waals surface area (Å²) in [6.45, 7) is 7.06. The van der Waals surface area contributed by atoms with Crippen molar-refractivity contribution in [3.63, 3.8) is 0 Å². The van der Waals surface area contributed by atoms with Crippen LogP contribution < -0.4 is 0 Å². The SMILES string of the molecule is CCCCCCC(C)(CCCCCC)c1cccc2cccnc12. The van der Waals surface area contributed by atoms with Gasteiger partial charge in [-0.2, -0.15) is 0 Å². The zero-order valence-corrected chi connectivity index (χ0v) is 16.0. The Bertz CT molecular complexity index is 585. The summed E-state index contributed by atoms with van der Waals surface area (Å²) in [4.78, 5) is 4.74. The molecule has 0 aliphatic carbocycles. The molecule has 0 amide bonds. The van der Waals surface area contributed by atoms with Crippen LogP contribution in [-0.4, -0.2) is 4.98 Å². The molecule has 0 atom stereocenters. The molecule has 0 unspecified atom stereocenters. The highest BCUT2D eigenvalue weighted by Crippen LogP contribution is 2.38. The summed E-state index contributed by atoms with van der Waals surface area (Å²) >= 11 is 0. The maximum atomic E-state index is 4.74. The highest BCUT2D eigenvalue weighted by atomic mass is 14.7. The third-order valence-corrected chi connectivity index (χ3v) is 5.45. The molecule has 0 saturated carbocycles. The van der Waals surface area contributed by atoms with Crippen LogP contribution in [0.5, 0.6) is 0 Å². The molecule has 0 N–H and O–H groups in total. The maximum absolute atomic E-state index is 4.74. The van der Waals surface area contributed by atoms with Gasteiger partial charge in [0.15, 0.2) is 0 Å². The Morgan fingerprint density at radius 3 is 2.04 bits per heavy atom. The lowest BCUT2D eigenvalue weighted by molar-refractivity contribution is 0.366. The van der Waals surface area contributed by atoms with Crippen LogP contribution in [0, 0.1) is 0 Å². The molecule has 0 fully saturated rings. The minimum absolute atomic E-state index is 0.259. The minimum atomic E-state index is 0.259. The first-order valence-electron chi connectivity index (χ1n) is 10.1. The first-order valence-corrected chi connectivity index (χ1v) is 10.1. The summed E-state index contributed by atoms with van der Waals surface area (Å²) in [6, 6.07) is 11.0. The summed E-state index contributed by atoms with van der Waals surface area (Å²) in [5.74, 6) is 0. The van der Waals surface area contributed by atoms with Gasteiger partial charge in [-0.1, -0.05) is 96.4 Å². The third kappa shape index (κ3) is 5.06. The van der Waals surface area contributed by atoms with E-state index in [9.17, 15) is 0 Å². The molecule has 2 aromatic rings. The lowest BCUT2D eigenvalue weighted by Gasteiger charge is -2.31. The molecule has 0 aliphatic rings. The van der Waals surface area contributed by atoms with Gasteiger partial charge in [0.05, 0.1) is 5.52 Å². The number of para-hydroxylation sites is 1. The van der Waals surface area contributed by atoms with Gasteiger partial charge in [0.25, 0.3) is 0 Å². The second-order valence-electron chi connectivity index (χ2n) is 7.56. The summed E-state index contributed by atoms with van der Waals surface area (Å²) < 4.78 is 0. The highest BCUT2D eigenvalue weighted by molar-refractivity contribution is 5.82. The van der Waals surface area contributed by atoms with Crippen LogP contribution in [-0.2, 0) is 5.41 Å². The van der Waals surface area contributed by atoms with E-state index in [0.29, 0.717) is 0 Å². The average molecular weight is 326 g/mol. The van der Waals surface area contributed by atoms with Gasteiger partial charge in [0.1, 0.15) is 0 Å². The van der Waals surface area contributed by atoms with Crippen LogP contribution in [0.3, 0.4) is 0 Å². The number of benzene rings is 1. The first kappa shape index (κ1) is 19.0. The fourth-order valence-electron chi connectivity index (χ4n) is 3.87. The molecule has 132 valence electrons. The van der Waals surface area contributed by atoms with Gasteiger partial charge >= 0.3 is 0 Å². The second kappa shape index (κ2) is 9.81. The molecule has 0 spiro atoms. The quantitative estimate of drug-likeness (QED) is 0.391. The Balaban J connectivity index is 2.22. The molecule has 2 rings (SSSR count). The van der Waals surface area contributed by atoms with E-state index in [1.165, 1.54) is 80.7 Å². The van der Waals surface area contributed by atoms with Crippen molar-refractivity contribution < 1.29 is 0 Å². The lowest BCUT2D eigenvalue weighted by atomic mass is 9.73. The molecular weight excluding hydrogens is 290 g/mol. The predicted octanol–water partition coefficient (Wildman–Crippen LogP) is 7.43. The number of hydrogen-bond acceptors (Lipinski definition) is 1. The number of fused-ring (bicyclic) bond motifs is 1. The molecule has 1 heterocycles. The minimum Gasteiger partial charge on any atom is -0.256 e. The third-order valence-electron chi connectivity index (χ3n) is 5.45. The number of pyridine rings is 1. The molecule has 0 bridgehead atoms. The summed E-state index contributed by atoms with van der Waals surface area (Å²) in [6.07, 6.45) is 15.2. The van der Waals surface area contributed by atoms with Crippen LogP contribution in [0.4, 0.5) is 0 Å². The van der Waals surface area contributed by atoms with Gasteiger partial charge in [-0.05, 0) is 29.9 Å². The standard InChI is InChI=1S/C23H35N/c1-4-6-8-10-17-23(3,18-11-9-7-5-2)21-16-12-14-20-15-13-19-24-22(20)21/h12-16,19H,4-11,17-18H2,1-3H3. The van der Waals surface area contributed by atoms with Crippen molar-refractivity contribution in [2.45, 2.75) is 90.4 Å². The van der Waals surface area contributed by atoms with Crippen molar-refractivity contribution in [3.8, 4) is 0 Å². The van der Waals surface area contributed by atoms with E-state index in [1.54, 1.807) is 0 Å². The molecule has 1 aromatic carbocycles. The molecule has 0 aliphatic heterocycles. The van der Waals surface area contributed by atoms with Crippen molar-refractivity contribution in [1.82, 2.24) is 4.98 Å². The van der Waals surface area contributed by atoms with Gasteiger partial charge in [-0.25, -0.2) is 0 Å². The highest BCUT2D eigenvalue weighted by Gasteiger charge is 2.27. The molecule has 0 radical (unpaired) electrons. The van der Waals surface area contributed by atoms with Gasteiger partial charge in [0, 0.05) is 11.6 Å². The summed E-state index contributed by atoms with van der Waals surface area (Å²) in [5.41, 5.74) is 2.94. The van der Waals surface area contributed by atoms with Gasteiger partial charge in [-0.15, -0.1) is 0 Å². The fourth-order valence-corrected chi connectivity index (χ4v) is 3.87. The Labute approximate surface area is 148 Å². The van der Waals surface area contributed by atoms with E-state index in [-0.39, 0.29) is 5.41 Å². The van der Waals surface area contributed by atoms with Crippen LogP contribution in [0.1, 0.15) is 90.5 Å². The summed E-state index contributed by atoms with van der Waals surface area (Å²) in [7, 11) is 0. The molecule has 24 heavy (non-hydrogen) atoms. The zero-order chi connectivity index (χ0) is 17.3. The molecule has 1 nitrogen and oxygen atoms in total. The fraction of sp³-hybridized carbons (Fsp3) is 0.609. The molecule has 0 saturated heterocycles. The topological polar surface area (TPSA) is 12.9 Å². The predicted molar refractivity (Wildman–Crippen MR) is 107 cm³/mol. The van der Waals surface area contributed by atoms with E-state index in [2.05, 4.69) is 45.0 Å².